The molecule has 5 heteroatoms. The lowest BCUT2D eigenvalue weighted by Gasteiger charge is -2.31. The zero-order valence-corrected chi connectivity index (χ0v) is 16.2. The second kappa shape index (κ2) is 7.80. The smallest absolute Gasteiger partial charge is 0.226 e. The van der Waals surface area contributed by atoms with Crippen molar-refractivity contribution < 1.29 is 14.6 Å². The number of benzene rings is 1. The van der Waals surface area contributed by atoms with E-state index in [0.29, 0.717) is 13.0 Å². The summed E-state index contributed by atoms with van der Waals surface area (Å²) in [4.78, 5) is 15.4. The molecule has 1 unspecified atom stereocenters. The van der Waals surface area contributed by atoms with Gasteiger partial charge in [-0.15, -0.1) is 0 Å². The second-order valence-electron chi connectivity index (χ2n) is 8.45. The molecule has 5 nitrogen and oxygen atoms in total. The monoisotopic (exact) mass is 372 g/mol. The van der Waals surface area contributed by atoms with Gasteiger partial charge in [0, 0.05) is 45.1 Å². The topological polar surface area (TPSA) is 61.8 Å². The maximum Gasteiger partial charge on any atom is 0.226 e. The van der Waals surface area contributed by atoms with Crippen LogP contribution in [0.1, 0.15) is 44.1 Å². The van der Waals surface area contributed by atoms with Crippen LogP contribution in [-0.2, 0) is 16.0 Å². The number of carbonyl (C=O) groups excluding carboxylic acids is 1. The third-order valence-electron chi connectivity index (χ3n) is 7.05. The summed E-state index contributed by atoms with van der Waals surface area (Å²) in [5.74, 6) is 0.150. The zero-order valence-electron chi connectivity index (χ0n) is 16.2. The summed E-state index contributed by atoms with van der Waals surface area (Å²) < 4.78 is 5.49. The number of nitrogens with zero attached hydrogens (tertiary/aromatic N) is 1. The molecule has 1 aliphatic carbocycles. The zero-order chi connectivity index (χ0) is 18.7. The van der Waals surface area contributed by atoms with Gasteiger partial charge >= 0.3 is 0 Å². The number of amides is 1. The van der Waals surface area contributed by atoms with Gasteiger partial charge in [-0.1, -0.05) is 18.2 Å². The molecule has 2 aliphatic heterocycles. The Morgan fingerprint density at radius 3 is 2.89 bits per heavy atom. The van der Waals surface area contributed by atoms with E-state index in [1.54, 1.807) is 0 Å². The number of fused-ring (bicyclic) bond motifs is 1. The average Bonchev–Trinajstić information content (AvgIpc) is 3.32. The van der Waals surface area contributed by atoms with Crippen LogP contribution >= 0.6 is 0 Å². The van der Waals surface area contributed by atoms with Crippen molar-refractivity contribution in [3.63, 3.8) is 0 Å². The highest BCUT2D eigenvalue weighted by atomic mass is 16.5. The fourth-order valence-corrected chi connectivity index (χ4v) is 5.41. The van der Waals surface area contributed by atoms with Crippen molar-refractivity contribution in [3.8, 4) is 0 Å². The SMILES string of the molecule is O=C(NCCCN1CCCc2ccccc21)C1(CCO)CC12CCOCC2. The number of hydrogen-bond donors (Lipinski definition) is 2. The molecular weight excluding hydrogens is 340 g/mol. The summed E-state index contributed by atoms with van der Waals surface area (Å²) >= 11 is 0. The quantitative estimate of drug-likeness (QED) is 0.722. The van der Waals surface area contributed by atoms with E-state index in [0.717, 1.165) is 52.0 Å². The van der Waals surface area contributed by atoms with Gasteiger partial charge in [0.1, 0.15) is 0 Å². The van der Waals surface area contributed by atoms with E-state index in [1.807, 2.05) is 0 Å². The van der Waals surface area contributed by atoms with Crippen molar-refractivity contribution in [1.82, 2.24) is 5.32 Å². The number of carbonyl (C=O) groups is 1. The highest BCUT2D eigenvalue weighted by molar-refractivity contribution is 5.87. The summed E-state index contributed by atoms with van der Waals surface area (Å²) in [5.41, 5.74) is 2.51. The van der Waals surface area contributed by atoms with E-state index in [1.165, 1.54) is 24.1 Å². The molecule has 1 saturated carbocycles. The molecule has 2 fully saturated rings. The van der Waals surface area contributed by atoms with E-state index < -0.39 is 0 Å². The minimum atomic E-state index is -0.358. The summed E-state index contributed by atoms with van der Waals surface area (Å²) in [7, 11) is 0. The molecule has 1 atom stereocenters. The van der Waals surface area contributed by atoms with Crippen LogP contribution in [0.4, 0.5) is 5.69 Å². The molecule has 2 N–H and O–H groups in total. The van der Waals surface area contributed by atoms with E-state index in [2.05, 4.69) is 34.5 Å². The molecule has 0 bridgehead atoms. The molecule has 4 rings (SSSR count). The molecule has 1 aromatic carbocycles. The molecule has 1 saturated heterocycles. The number of hydrogen-bond acceptors (Lipinski definition) is 4. The molecule has 27 heavy (non-hydrogen) atoms. The highest BCUT2D eigenvalue weighted by Gasteiger charge is 2.70. The van der Waals surface area contributed by atoms with Crippen LogP contribution < -0.4 is 10.2 Å². The first-order chi connectivity index (χ1) is 13.2. The van der Waals surface area contributed by atoms with E-state index >= 15 is 0 Å². The second-order valence-corrected chi connectivity index (χ2v) is 8.45. The Morgan fingerprint density at radius 1 is 1.26 bits per heavy atom. The Labute approximate surface area is 162 Å². The van der Waals surface area contributed by atoms with E-state index in [9.17, 15) is 9.90 Å². The number of anilines is 1. The predicted molar refractivity (Wildman–Crippen MR) is 106 cm³/mol. The average molecular weight is 373 g/mol. The third kappa shape index (κ3) is 3.47. The molecule has 0 aromatic heterocycles. The first kappa shape index (κ1) is 18.8. The molecule has 1 aromatic rings. The van der Waals surface area contributed by atoms with Crippen LogP contribution in [0.5, 0.6) is 0 Å². The van der Waals surface area contributed by atoms with Crippen molar-refractivity contribution in [2.24, 2.45) is 10.8 Å². The van der Waals surface area contributed by atoms with Crippen LogP contribution in [0.3, 0.4) is 0 Å². The Bertz CT molecular complexity index is 671. The Morgan fingerprint density at radius 2 is 2.07 bits per heavy atom. The van der Waals surface area contributed by atoms with Crippen molar-refractivity contribution in [2.45, 2.75) is 44.9 Å². The largest absolute Gasteiger partial charge is 0.396 e. The van der Waals surface area contributed by atoms with Gasteiger partial charge in [-0.3, -0.25) is 4.79 Å². The van der Waals surface area contributed by atoms with E-state index in [4.69, 9.17) is 4.74 Å². The summed E-state index contributed by atoms with van der Waals surface area (Å²) in [6.07, 6.45) is 6.71. The van der Waals surface area contributed by atoms with Crippen LogP contribution in [-0.4, -0.2) is 50.5 Å². The highest BCUT2D eigenvalue weighted by Crippen LogP contribution is 2.70. The summed E-state index contributed by atoms with van der Waals surface area (Å²) in [6, 6.07) is 8.66. The van der Waals surface area contributed by atoms with Crippen LogP contribution in [0.2, 0.25) is 0 Å². The third-order valence-corrected chi connectivity index (χ3v) is 7.05. The maximum atomic E-state index is 13.0. The van der Waals surface area contributed by atoms with Gasteiger partial charge in [-0.2, -0.15) is 0 Å². The molecule has 0 radical (unpaired) electrons. The lowest BCUT2D eigenvalue weighted by Crippen LogP contribution is -2.39. The minimum Gasteiger partial charge on any atom is -0.396 e. The summed E-state index contributed by atoms with van der Waals surface area (Å²) in [5, 5.41) is 12.7. The van der Waals surface area contributed by atoms with Gasteiger partial charge in [0.2, 0.25) is 5.91 Å². The Balaban J connectivity index is 1.29. The fourth-order valence-electron chi connectivity index (χ4n) is 5.41. The van der Waals surface area contributed by atoms with Crippen molar-refractivity contribution >= 4 is 11.6 Å². The first-order valence-electron chi connectivity index (χ1n) is 10.5. The van der Waals surface area contributed by atoms with E-state index in [-0.39, 0.29) is 23.3 Å². The van der Waals surface area contributed by atoms with Crippen LogP contribution in [0.15, 0.2) is 24.3 Å². The maximum absolute atomic E-state index is 13.0. The van der Waals surface area contributed by atoms with Gasteiger partial charge in [0.05, 0.1) is 5.41 Å². The summed E-state index contributed by atoms with van der Waals surface area (Å²) in [6.45, 7) is 4.35. The van der Waals surface area contributed by atoms with Crippen LogP contribution in [0, 0.1) is 10.8 Å². The van der Waals surface area contributed by atoms with Crippen molar-refractivity contribution in [3.05, 3.63) is 29.8 Å². The number of aliphatic hydroxyl groups is 1. The van der Waals surface area contributed by atoms with Gasteiger partial charge in [0.15, 0.2) is 0 Å². The number of aliphatic hydroxyl groups excluding tert-OH is 1. The predicted octanol–water partition coefficient (Wildman–Crippen LogP) is 2.51. The van der Waals surface area contributed by atoms with Crippen LogP contribution in [0.25, 0.3) is 0 Å². The normalized spacial score (nSPS) is 25.9. The number of ether oxygens (including phenoxy) is 1. The van der Waals surface area contributed by atoms with Gasteiger partial charge in [-0.25, -0.2) is 0 Å². The molecule has 3 aliphatic rings. The lowest BCUT2D eigenvalue weighted by molar-refractivity contribution is -0.129. The number of aryl methyl sites for hydroxylation is 1. The molecule has 2 heterocycles. The Hall–Kier alpha value is -1.59. The number of rotatable bonds is 7. The van der Waals surface area contributed by atoms with Crippen molar-refractivity contribution in [1.29, 1.82) is 0 Å². The van der Waals surface area contributed by atoms with Gasteiger partial charge in [0.25, 0.3) is 0 Å². The lowest BCUT2D eigenvalue weighted by atomic mass is 9.83. The Kier molecular flexibility index (Phi) is 5.42. The first-order valence-corrected chi connectivity index (χ1v) is 10.5. The minimum absolute atomic E-state index is 0.0733. The number of para-hydroxylation sites is 1. The molecule has 148 valence electrons. The number of nitrogens with one attached hydrogen (secondary N) is 1. The molecule has 1 amide bonds. The van der Waals surface area contributed by atoms with Crippen molar-refractivity contribution in [2.75, 3.05) is 44.4 Å². The fraction of sp³-hybridized carbons (Fsp3) is 0.682. The standard InChI is InChI=1S/C22H32N2O3/c25-14-8-22(17-21(22)9-15-27-16-10-21)20(26)23-11-4-13-24-12-3-6-18-5-1-2-7-19(18)24/h1-2,5,7,25H,3-4,6,8-17H2,(H,23,26). The molecule has 1 spiro atoms. The van der Waals surface area contributed by atoms with Gasteiger partial charge in [-0.05, 0) is 62.0 Å². The molecular formula is C22H32N2O3. The van der Waals surface area contributed by atoms with Gasteiger partial charge < -0.3 is 20.1 Å².